The zero-order chi connectivity index (χ0) is 23.1. The molecule has 0 aliphatic rings. The van der Waals surface area contributed by atoms with Crippen LogP contribution in [0.2, 0.25) is 0 Å². The van der Waals surface area contributed by atoms with Crippen LogP contribution in [0.25, 0.3) is 0 Å². The summed E-state index contributed by atoms with van der Waals surface area (Å²) in [5.74, 6) is -1.08. The van der Waals surface area contributed by atoms with E-state index in [-0.39, 0.29) is 5.92 Å². The highest BCUT2D eigenvalue weighted by atomic mass is 16.4. The molecule has 6 nitrogen and oxygen atoms in total. The van der Waals surface area contributed by atoms with E-state index in [4.69, 9.17) is 10.2 Å². The predicted molar refractivity (Wildman–Crippen MR) is 118 cm³/mol. The second-order valence-corrected chi connectivity index (χ2v) is 7.46. The number of benzene rings is 2. The Hall–Kier alpha value is -2.70. The van der Waals surface area contributed by atoms with Crippen LogP contribution in [-0.4, -0.2) is 44.6 Å². The highest BCUT2D eigenvalue weighted by molar-refractivity contribution is 5.87. The molecule has 2 rings (SSSR count). The molecule has 0 amide bonds. The summed E-state index contributed by atoms with van der Waals surface area (Å²) in [6.07, 6.45) is 1.18. The molecule has 0 fully saturated rings. The lowest BCUT2D eigenvalue weighted by molar-refractivity contribution is 0.0245. The smallest absolute Gasteiger partial charge is 0.335 e. The first-order valence-electron chi connectivity index (χ1n) is 9.99. The molecule has 4 N–H and O–H groups in total. The molecule has 6 heteroatoms. The number of hydrogen-bond acceptors (Lipinski definition) is 4. The second-order valence-electron chi connectivity index (χ2n) is 7.46. The van der Waals surface area contributed by atoms with E-state index in [1.807, 2.05) is 0 Å². The standard InChI is InChI=1S/C10H22O2.2C7H6O2/c1-7(2)5-6-10(8(3)11)9(4)12;2*8-7(9)6-4-2-1-3-5-6/h7-12H,5-6H2,1-4H3;2*1-5H,(H,8,9). The Morgan fingerprint density at radius 3 is 1.20 bits per heavy atom. The van der Waals surface area contributed by atoms with Gasteiger partial charge in [0.1, 0.15) is 0 Å². The van der Waals surface area contributed by atoms with Crippen molar-refractivity contribution in [1.29, 1.82) is 0 Å². The Morgan fingerprint density at radius 1 is 0.667 bits per heavy atom. The van der Waals surface area contributed by atoms with Gasteiger partial charge >= 0.3 is 11.9 Å². The van der Waals surface area contributed by atoms with Gasteiger partial charge in [-0.15, -0.1) is 0 Å². The fourth-order valence-corrected chi connectivity index (χ4v) is 2.57. The molecule has 0 radical (unpaired) electrons. The predicted octanol–water partition coefficient (Wildman–Crippen LogP) is 4.57. The van der Waals surface area contributed by atoms with Gasteiger partial charge in [0.15, 0.2) is 0 Å². The van der Waals surface area contributed by atoms with Crippen molar-refractivity contribution in [2.24, 2.45) is 11.8 Å². The lowest BCUT2D eigenvalue weighted by atomic mass is 9.90. The SMILES string of the molecule is CC(C)CCC(C(C)O)C(C)O.O=C(O)c1ccccc1.O=C(O)c1ccccc1. The summed E-state index contributed by atoms with van der Waals surface area (Å²) < 4.78 is 0. The van der Waals surface area contributed by atoms with Gasteiger partial charge in [-0.3, -0.25) is 0 Å². The van der Waals surface area contributed by atoms with E-state index in [1.54, 1.807) is 74.5 Å². The van der Waals surface area contributed by atoms with Crippen molar-refractivity contribution in [2.75, 3.05) is 0 Å². The molecule has 2 aromatic rings. The maximum atomic E-state index is 10.2. The average molecular weight is 419 g/mol. The number of aliphatic hydroxyl groups excluding tert-OH is 2. The van der Waals surface area contributed by atoms with Gasteiger partial charge < -0.3 is 20.4 Å². The molecular formula is C24H34O6. The quantitative estimate of drug-likeness (QED) is 0.524. The number of aliphatic hydroxyl groups is 2. The van der Waals surface area contributed by atoms with E-state index in [0.717, 1.165) is 12.8 Å². The second kappa shape index (κ2) is 15.2. The van der Waals surface area contributed by atoms with E-state index in [0.29, 0.717) is 17.0 Å². The van der Waals surface area contributed by atoms with Gasteiger partial charge in [-0.05, 0) is 50.5 Å². The third-order valence-corrected chi connectivity index (χ3v) is 4.36. The maximum Gasteiger partial charge on any atom is 0.335 e. The van der Waals surface area contributed by atoms with Gasteiger partial charge in [-0.1, -0.05) is 56.7 Å². The molecule has 166 valence electrons. The van der Waals surface area contributed by atoms with E-state index in [9.17, 15) is 19.8 Å². The third-order valence-electron chi connectivity index (χ3n) is 4.36. The van der Waals surface area contributed by atoms with Crippen LogP contribution in [0.1, 0.15) is 61.3 Å². The fourth-order valence-electron chi connectivity index (χ4n) is 2.57. The van der Waals surface area contributed by atoms with Gasteiger partial charge in [0.2, 0.25) is 0 Å². The molecule has 2 aromatic carbocycles. The van der Waals surface area contributed by atoms with Crippen molar-refractivity contribution >= 4 is 11.9 Å². The zero-order valence-electron chi connectivity index (χ0n) is 18.1. The van der Waals surface area contributed by atoms with Crippen molar-refractivity contribution in [2.45, 2.75) is 52.7 Å². The fraction of sp³-hybridized carbons (Fsp3) is 0.417. The number of aromatic carboxylic acids is 2. The first-order valence-corrected chi connectivity index (χ1v) is 9.99. The molecule has 0 aliphatic carbocycles. The first kappa shape index (κ1) is 27.3. The Bertz CT molecular complexity index is 653. The highest BCUT2D eigenvalue weighted by Gasteiger charge is 2.20. The van der Waals surface area contributed by atoms with Crippen molar-refractivity contribution in [3.8, 4) is 0 Å². The Kier molecular flexibility index (Phi) is 13.8. The third kappa shape index (κ3) is 12.7. The molecule has 0 spiro atoms. The summed E-state index contributed by atoms with van der Waals surface area (Å²) in [5.41, 5.74) is 0.662. The summed E-state index contributed by atoms with van der Waals surface area (Å²) in [5, 5.41) is 35.4. The van der Waals surface area contributed by atoms with E-state index < -0.39 is 24.1 Å². The van der Waals surface area contributed by atoms with Crippen LogP contribution in [0, 0.1) is 11.8 Å². The van der Waals surface area contributed by atoms with E-state index in [2.05, 4.69) is 13.8 Å². The van der Waals surface area contributed by atoms with Gasteiger partial charge in [0.25, 0.3) is 0 Å². The Labute approximate surface area is 178 Å². The normalized spacial score (nSPS) is 13.0. The minimum atomic E-state index is -0.879. The maximum absolute atomic E-state index is 10.2. The number of carboxylic acid groups (broad SMARTS) is 2. The topological polar surface area (TPSA) is 115 Å². The summed E-state index contributed by atoms with van der Waals surface area (Å²) >= 11 is 0. The minimum Gasteiger partial charge on any atom is -0.478 e. The van der Waals surface area contributed by atoms with Crippen LogP contribution in [0.4, 0.5) is 0 Å². The highest BCUT2D eigenvalue weighted by Crippen LogP contribution is 2.19. The Morgan fingerprint density at radius 2 is 1.00 bits per heavy atom. The largest absolute Gasteiger partial charge is 0.478 e. The van der Waals surface area contributed by atoms with Crippen molar-refractivity contribution in [1.82, 2.24) is 0 Å². The minimum absolute atomic E-state index is 0.0346. The summed E-state index contributed by atoms with van der Waals surface area (Å²) in [7, 11) is 0. The summed E-state index contributed by atoms with van der Waals surface area (Å²) in [6, 6.07) is 16.6. The van der Waals surface area contributed by atoms with Crippen molar-refractivity contribution in [3.05, 3.63) is 71.8 Å². The van der Waals surface area contributed by atoms with Crippen LogP contribution in [-0.2, 0) is 0 Å². The monoisotopic (exact) mass is 418 g/mol. The van der Waals surface area contributed by atoms with Crippen LogP contribution in [0.15, 0.2) is 60.7 Å². The van der Waals surface area contributed by atoms with Gasteiger partial charge in [-0.25, -0.2) is 9.59 Å². The number of carbonyl (C=O) groups is 2. The lowest BCUT2D eigenvalue weighted by Crippen LogP contribution is -2.27. The molecular weight excluding hydrogens is 384 g/mol. The van der Waals surface area contributed by atoms with Crippen molar-refractivity contribution < 1.29 is 30.0 Å². The number of rotatable bonds is 7. The molecule has 2 unspecified atom stereocenters. The van der Waals surface area contributed by atoms with Crippen LogP contribution >= 0.6 is 0 Å². The van der Waals surface area contributed by atoms with Crippen LogP contribution in [0.5, 0.6) is 0 Å². The van der Waals surface area contributed by atoms with Crippen LogP contribution < -0.4 is 0 Å². The van der Waals surface area contributed by atoms with Gasteiger partial charge in [0, 0.05) is 5.92 Å². The molecule has 0 aromatic heterocycles. The van der Waals surface area contributed by atoms with E-state index >= 15 is 0 Å². The molecule has 2 atom stereocenters. The van der Waals surface area contributed by atoms with E-state index in [1.165, 1.54) is 0 Å². The van der Waals surface area contributed by atoms with Crippen molar-refractivity contribution in [3.63, 3.8) is 0 Å². The van der Waals surface area contributed by atoms with Gasteiger partial charge in [-0.2, -0.15) is 0 Å². The lowest BCUT2D eigenvalue weighted by Gasteiger charge is -2.23. The molecule has 0 heterocycles. The molecule has 0 aliphatic heterocycles. The molecule has 0 saturated heterocycles. The number of hydrogen-bond donors (Lipinski definition) is 4. The zero-order valence-corrected chi connectivity index (χ0v) is 18.1. The average Bonchev–Trinajstić information content (AvgIpc) is 2.69. The van der Waals surface area contributed by atoms with Gasteiger partial charge in [0.05, 0.1) is 23.3 Å². The summed E-state index contributed by atoms with van der Waals surface area (Å²) in [4.78, 5) is 20.4. The Balaban J connectivity index is 0.000000426. The molecule has 0 saturated carbocycles. The van der Waals surface area contributed by atoms with Crippen LogP contribution in [0.3, 0.4) is 0 Å². The molecule has 0 bridgehead atoms. The number of carboxylic acids is 2. The summed E-state index contributed by atoms with van der Waals surface area (Å²) in [6.45, 7) is 7.80. The first-order chi connectivity index (χ1) is 14.1. The molecule has 30 heavy (non-hydrogen) atoms.